The summed E-state index contributed by atoms with van der Waals surface area (Å²) in [6.07, 6.45) is 0.225. The molecule has 0 spiro atoms. The van der Waals surface area contributed by atoms with E-state index < -0.39 is 28.8 Å². The minimum absolute atomic E-state index is 0.225. The van der Waals surface area contributed by atoms with E-state index in [4.69, 9.17) is 4.74 Å². The number of ether oxygens (including phenoxy) is 1. The molecule has 2 rings (SSSR count). The predicted octanol–water partition coefficient (Wildman–Crippen LogP) is 1.04. The van der Waals surface area contributed by atoms with E-state index in [1.165, 1.54) is 7.11 Å². The minimum atomic E-state index is -0.883. The molecule has 1 aliphatic carbocycles. The molecule has 1 saturated carbocycles. The quantitative estimate of drug-likeness (QED) is 0.638. The number of benzene rings is 1. The molecule has 0 heterocycles. The Kier molecular flexibility index (Phi) is 3.84. The van der Waals surface area contributed by atoms with Crippen LogP contribution in [0.1, 0.15) is 18.0 Å². The van der Waals surface area contributed by atoms with E-state index in [2.05, 4.69) is 5.32 Å². The Hall–Kier alpha value is -2.62. The Labute approximate surface area is 115 Å². The molecule has 0 unspecified atom stereocenters. The average molecular weight is 275 g/mol. The number of amides is 1. The molecule has 1 fully saturated rings. The number of nitriles is 1. The molecule has 0 radical (unpaired) electrons. The molecular weight excluding hydrogens is 262 g/mol. The molecule has 0 bridgehead atoms. The van der Waals surface area contributed by atoms with Gasteiger partial charge in [-0.2, -0.15) is 5.26 Å². The fourth-order valence-electron chi connectivity index (χ4n) is 2.03. The summed E-state index contributed by atoms with van der Waals surface area (Å²) >= 11 is 0. The number of para-hydroxylation sites is 1. The van der Waals surface area contributed by atoms with Crippen molar-refractivity contribution in [1.29, 1.82) is 5.26 Å². The average Bonchev–Trinajstić information content (AvgIpc) is 3.25. The lowest BCUT2D eigenvalue weighted by atomic mass is 10.1. The van der Waals surface area contributed by atoms with Gasteiger partial charge < -0.3 is 10.1 Å². The zero-order valence-electron chi connectivity index (χ0n) is 10.8. The van der Waals surface area contributed by atoms with Crippen molar-refractivity contribution in [2.45, 2.75) is 18.5 Å². The first kappa shape index (κ1) is 13.8. The van der Waals surface area contributed by atoms with Gasteiger partial charge in [0.25, 0.3) is 0 Å². The highest BCUT2D eigenvalue weighted by molar-refractivity contribution is 5.82. The van der Waals surface area contributed by atoms with E-state index in [-0.39, 0.29) is 6.42 Å². The van der Waals surface area contributed by atoms with Crippen molar-refractivity contribution in [2.24, 2.45) is 5.92 Å². The minimum Gasteiger partial charge on any atom is -0.496 e. The molecule has 1 amide bonds. The van der Waals surface area contributed by atoms with Crippen LogP contribution in [-0.2, 0) is 4.79 Å². The van der Waals surface area contributed by atoms with Gasteiger partial charge in [-0.3, -0.25) is 14.9 Å². The lowest BCUT2D eigenvalue weighted by molar-refractivity contribution is -0.497. The molecule has 0 saturated heterocycles. The Bertz CT molecular complexity index is 581. The molecule has 0 aliphatic heterocycles. The van der Waals surface area contributed by atoms with Crippen LogP contribution in [0.4, 0.5) is 0 Å². The third-order valence-electron chi connectivity index (χ3n) is 3.23. The standard InChI is InChI=1S/C13H13N3O4/c1-20-12-5-3-2-4-8(12)10(7-14)15-13(17)9-6-11(9)16(18)19/h2-5,9-11H,6H2,1H3,(H,15,17)/t9-,10+,11-/m1/s1. The highest BCUT2D eigenvalue weighted by Crippen LogP contribution is 2.34. The Morgan fingerprint density at radius 2 is 2.30 bits per heavy atom. The van der Waals surface area contributed by atoms with Gasteiger partial charge in [-0.05, 0) is 6.07 Å². The highest BCUT2D eigenvalue weighted by atomic mass is 16.6. The molecule has 0 aromatic heterocycles. The summed E-state index contributed by atoms with van der Waals surface area (Å²) in [7, 11) is 1.47. The van der Waals surface area contributed by atoms with Crippen molar-refractivity contribution in [3.63, 3.8) is 0 Å². The molecule has 1 N–H and O–H groups in total. The van der Waals surface area contributed by atoms with Crippen LogP contribution < -0.4 is 10.1 Å². The molecule has 1 aromatic carbocycles. The summed E-state index contributed by atoms with van der Waals surface area (Å²) in [5, 5.41) is 22.2. The number of methoxy groups -OCH3 is 1. The maximum Gasteiger partial charge on any atom is 0.231 e. The van der Waals surface area contributed by atoms with Gasteiger partial charge in [-0.15, -0.1) is 0 Å². The normalized spacial score (nSPS) is 21.4. The van der Waals surface area contributed by atoms with Crippen LogP contribution in [0.15, 0.2) is 24.3 Å². The van der Waals surface area contributed by atoms with Crippen LogP contribution in [0, 0.1) is 27.4 Å². The van der Waals surface area contributed by atoms with E-state index in [9.17, 15) is 20.2 Å². The van der Waals surface area contributed by atoms with Gasteiger partial charge >= 0.3 is 0 Å². The number of hydrogen-bond acceptors (Lipinski definition) is 5. The fourth-order valence-corrected chi connectivity index (χ4v) is 2.03. The number of rotatable bonds is 5. The van der Waals surface area contributed by atoms with E-state index >= 15 is 0 Å². The van der Waals surface area contributed by atoms with E-state index in [1.807, 2.05) is 6.07 Å². The predicted molar refractivity (Wildman–Crippen MR) is 68.4 cm³/mol. The third-order valence-corrected chi connectivity index (χ3v) is 3.23. The van der Waals surface area contributed by atoms with E-state index in [0.717, 1.165) is 0 Å². The van der Waals surface area contributed by atoms with Crippen LogP contribution in [0.25, 0.3) is 0 Å². The van der Waals surface area contributed by atoms with Gasteiger partial charge in [0.1, 0.15) is 17.7 Å². The first-order chi connectivity index (χ1) is 9.58. The molecule has 3 atom stereocenters. The smallest absolute Gasteiger partial charge is 0.231 e. The summed E-state index contributed by atoms with van der Waals surface area (Å²) in [6.45, 7) is 0. The monoisotopic (exact) mass is 275 g/mol. The largest absolute Gasteiger partial charge is 0.496 e. The lowest BCUT2D eigenvalue weighted by Gasteiger charge is -2.14. The molecule has 1 aromatic rings. The van der Waals surface area contributed by atoms with Crippen molar-refractivity contribution in [3.8, 4) is 11.8 Å². The Morgan fingerprint density at radius 3 is 2.85 bits per heavy atom. The van der Waals surface area contributed by atoms with Crippen LogP contribution >= 0.6 is 0 Å². The van der Waals surface area contributed by atoms with Gasteiger partial charge in [0.05, 0.1) is 13.2 Å². The first-order valence-corrected chi connectivity index (χ1v) is 6.05. The maximum atomic E-state index is 11.9. The fraction of sp³-hybridized carbons (Fsp3) is 0.385. The topological polar surface area (TPSA) is 105 Å². The summed E-state index contributed by atoms with van der Waals surface area (Å²) in [5.41, 5.74) is 0.532. The van der Waals surface area contributed by atoms with E-state index in [1.54, 1.807) is 24.3 Å². The number of carbonyl (C=O) groups excluding carboxylic acids is 1. The van der Waals surface area contributed by atoms with Gasteiger partial charge in [0.15, 0.2) is 0 Å². The number of nitrogens with one attached hydrogen (secondary N) is 1. The van der Waals surface area contributed by atoms with Crippen molar-refractivity contribution in [2.75, 3.05) is 7.11 Å². The number of nitro groups is 1. The van der Waals surface area contributed by atoms with Crippen LogP contribution in [0.3, 0.4) is 0 Å². The van der Waals surface area contributed by atoms with Crippen molar-refractivity contribution in [3.05, 3.63) is 39.9 Å². The summed E-state index contributed by atoms with van der Waals surface area (Å²) in [6, 6.07) is 7.09. The van der Waals surface area contributed by atoms with Crippen LogP contribution in [-0.4, -0.2) is 24.0 Å². The van der Waals surface area contributed by atoms with Gasteiger partial charge in [-0.25, -0.2) is 0 Å². The van der Waals surface area contributed by atoms with Crippen molar-refractivity contribution in [1.82, 2.24) is 5.32 Å². The summed E-state index contributed by atoms with van der Waals surface area (Å²) < 4.78 is 5.13. The van der Waals surface area contributed by atoms with Crippen molar-refractivity contribution >= 4 is 5.91 Å². The van der Waals surface area contributed by atoms with Gasteiger partial charge in [0, 0.05) is 16.9 Å². The second kappa shape index (κ2) is 5.57. The lowest BCUT2D eigenvalue weighted by Crippen LogP contribution is -2.30. The Balaban J connectivity index is 2.09. The second-order valence-corrected chi connectivity index (χ2v) is 4.51. The van der Waals surface area contributed by atoms with Crippen molar-refractivity contribution < 1.29 is 14.5 Å². The highest BCUT2D eigenvalue weighted by Gasteiger charge is 2.53. The summed E-state index contributed by atoms with van der Waals surface area (Å²) in [4.78, 5) is 21.9. The molecule has 1 aliphatic rings. The number of hydrogen-bond donors (Lipinski definition) is 1. The summed E-state index contributed by atoms with van der Waals surface area (Å²) in [5.74, 6) is -0.624. The molecular formula is C13H13N3O4. The maximum absolute atomic E-state index is 11.9. The van der Waals surface area contributed by atoms with Gasteiger partial charge in [-0.1, -0.05) is 18.2 Å². The van der Waals surface area contributed by atoms with E-state index in [0.29, 0.717) is 11.3 Å². The second-order valence-electron chi connectivity index (χ2n) is 4.51. The van der Waals surface area contributed by atoms with Gasteiger partial charge in [0.2, 0.25) is 11.9 Å². The molecule has 104 valence electrons. The number of carbonyl (C=O) groups is 1. The van der Waals surface area contributed by atoms with Crippen LogP contribution in [0.2, 0.25) is 0 Å². The molecule has 20 heavy (non-hydrogen) atoms. The zero-order chi connectivity index (χ0) is 14.7. The Morgan fingerprint density at radius 1 is 1.60 bits per heavy atom. The van der Waals surface area contributed by atoms with Crippen LogP contribution in [0.5, 0.6) is 5.75 Å². The number of nitrogens with zero attached hydrogens (tertiary/aromatic N) is 2. The third kappa shape index (κ3) is 2.69. The molecule has 7 nitrogen and oxygen atoms in total. The first-order valence-electron chi connectivity index (χ1n) is 6.05. The SMILES string of the molecule is COc1ccccc1[C@H](C#N)NC(=O)[C@@H]1C[C@H]1[N+](=O)[O-]. The zero-order valence-corrected chi connectivity index (χ0v) is 10.8. The molecule has 7 heteroatoms.